The summed E-state index contributed by atoms with van der Waals surface area (Å²) >= 11 is 0. The van der Waals surface area contributed by atoms with E-state index in [2.05, 4.69) is 24.8 Å². The smallest absolute Gasteiger partial charge is 0.177 e. The molecular formula is C17H25NO2. The minimum absolute atomic E-state index is 0.222. The van der Waals surface area contributed by atoms with Crippen LogP contribution in [-0.2, 0) is 4.74 Å². The number of aryl methyl sites for hydroxylation is 3. The molecule has 20 heavy (non-hydrogen) atoms. The van der Waals surface area contributed by atoms with E-state index in [1.54, 1.807) is 0 Å². The van der Waals surface area contributed by atoms with E-state index >= 15 is 0 Å². The number of Topliss-reactive ketones (excluding diaryl/α,β-unsaturated/α-hetero) is 1. The van der Waals surface area contributed by atoms with E-state index in [1.807, 2.05) is 20.0 Å². The second-order valence-corrected chi connectivity index (χ2v) is 5.93. The Morgan fingerprint density at radius 2 is 1.75 bits per heavy atom. The lowest BCUT2D eigenvalue weighted by molar-refractivity contribution is 0.0418. The van der Waals surface area contributed by atoms with Crippen LogP contribution >= 0.6 is 0 Å². The number of carbonyl (C=O) groups is 1. The summed E-state index contributed by atoms with van der Waals surface area (Å²) in [6, 6.07) is 4.61. The highest BCUT2D eigenvalue weighted by Crippen LogP contribution is 2.18. The number of ether oxygens (including phenoxy) is 1. The van der Waals surface area contributed by atoms with Crippen molar-refractivity contribution in [3.8, 4) is 0 Å². The van der Waals surface area contributed by atoms with Crippen LogP contribution in [0.5, 0.6) is 0 Å². The molecule has 0 radical (unpaired) electrons. The number of hydrogen-bond donors (Lipinski definition) is 0. The van der Waals surface area contributed by atoms with Crippen molar-refractivity contribution in [3.05, 3.63) is 34.4 Å². The van der Waals surface area contributed by atoms with Crippen LogP contribution < -0.4 is 0 Å². The molecule has 0 saturated carbocycles. The molecule has 0 amide bonds. The molecule has 1 heterocycles. The van der Waals surface area contributed by atoms with E-state index < -0.39 is 0 Å². The predicted molar refractivity (Wildman–Crippen MR) is 81.5 cm³/mol. The summed E-state index contributed by atoms with van der Waals surface area (Å²) in [5, 5.41) is 0. The van der Waals surface area contributed by atoms with Gasteiger partial charge in [-0.3, -0.25) is 9.69 Å². The number of carbonyl (C=O) groups excluding carboxylic acids is 1. The van der Waals surface area contributed by atoms with Gasteiger partial charge in [-0.1, -0.05) is 6.07 Å². The predicted octanol–water partition coefficient (Wildman–Crippen LogP) is 2.91. The number of rotatable bonds is 4. The first-order chi connectivity index (χ1) is 9.49. The van der Waals surface area contributed by atoms with Gasteiger partial charge in [0.1, 0.15) is 0 Å². The van der Waals surface area contributed by atoms with Crippen LogP contribution in [0.15, 0.2) is 12.1 Å². The Morgan fingerprint density at radius 3 is 2.40 bits per heavy atom. The van der Waals surface area contributed by atoms with Gasteiger partial charge in [-0.2, -0.15) is 0 Å². The normalized spacial score (nSPS) is 16.6. The molecule has 0 spiro atoms. The van der Waals surface area contributed by atoms with Crippen LogP contribution in [-0.4, -0.2) is 43.5 Å². The standard InChI is InChI=1S/C17H25NO2/c1-12-9-14(3)16(10-13(12)2)17(19)11-18(4)15-5-7-20-8-6-15/h9-10,15H,5-8,11H2,1-4H3. The van der Waals surface area contributed by atoms with E-state index in [0.29, 0.717) is 12.6 Å². The first kappa shape index (κ1) is 15.2. The molecule has 0 atom stereocenters. The fraction of sp³-hybridized carbons (Fsp3) is 0.588. The van der Waals surface area contributed by atoms with Gasteiger partial charge in [0.15, 0.2) is 5.78 Å². The zero-order chi connectivity index (χ0) is 14.7. The lowest BCUT2D eigenvalue weighted by Gasteiger charge is -2.30. The zero-order valence-electron chi connectivity index (χ0n) is 13.0. The second-order valence-electron chi connectivity index (χ2n) is 5.93. The molecule has 110 valence electrons. The molecule has 3 heteroatoms. The van der Waals surface area contributed by atoms with Crippen LogP contribution in [0.3, 0.4) is 0 Å². The van der Waals surface area contributed by atoms with E-state index in [9.17, 15) is 4.79 Å². The molecule has 0 bridgehead atoms. The van der Waals surface area contributed by atoms with Crippen LogP contribution in [0, 0.1) is 20.8 Å². The van der Waals surface area contributed by atoms with Gasteiger partial charge in [0.05, 0.1) is 6.54 Å². The topological polar surface area (TPSA) is 29.5 Å². The molecule has 0 aliphatic carbocycles. The van der Waals surface area contributed by atoms with Crippen molar-refractivity contribution in [1.82, 2.24) is 4.90 Å². The quantitative estimate of drug-likeness (QED) is 0.791. The van der Waals surface area contributed by atoms with Gasteiger partial charge in [-0.05, 0) is 63.4 Å². The number of hydrogen-bond acceptors (Lipinski definition) is 3. The maximum atomic E-state index is 12.5. The maximum Gasteiger partial charge on any atom is 0.177 e. The minimum atomic E-state index is 0.222. The van der Waals surface area contributed by atoms with Crippen molar-refractivity contribution >= 4 is 5.78 Å². The van der Waals surface area contributed by atoms with Gasteiger partial charge < -0.3 is 4.74 Å². The lowest BCUT2D eigenvalue weighted by Crippen LogP contribution is -2.39. The van der Waals surface area contributed by atoms with Gasteiger partial charge in [0.2, 0.25) is 0 Å². The van der Waals surface area contributed by atoms with Crippen molar-refractivity contribution in [2.24, 2.45) is 0 Å². The highest BCUT2D eigenvalue weighted by molar-refractivity contribution is 5.99. The molecule has 1 fully saturated rings. The van der Waals surface area contributed by atoms with Crippen molar-refractivity contribution < 1.29 is 9.53 Å². The van der Waals surface area contributed by atoms with E-state index in [1.165, 1.54) is 11.1 Å². The number of benzene rings is 1. The first-order valence-corrected chi connectivity index (χ1v) is 7.38. The SMILES string of the molecule is Cc1cc(C)c(C(=O)CN(C)C2CCOCC2)cc1C. The third-order valence-corrected chi connectivity index (χ3v) is 4.35. The third kappa shape index (κ3) is 3.47. The molecule has 2 rings (SSSR count). The summed E-state index contributed by atoms with van der Waals surface area (Å²) in [4.78, 5) is 14.7. The number of nitrogens with zero attached hydrogens (tertiary/aromatic N) is 1. The van der Waals surface area contributed by atoms with Crippen molar-refractivity contribution in [1.29, 1.82) is 0 Å². The van der Waals surface area contributed by atoms with E-state index in [0.717, 1.165) is 37.2 Å². The molecule has 1 saturated heterocycles. The van der Waals surface area contributed by atoms with Gasteiger partial charge in [-0.25, -0.2) is 0 Å². The maximum absolute atomic E-state index is 12.5. The molecule has 0 aromatic heterocycles. The summed E-state index contributed by atoms with van der Waals surface area (Å²) < 4.78 is 5.38. The van der Waals surface area contributed by atoms with Gasteiger partial charge >= 0.3 is 0 Å². The molecule has 1 aromatic carbocycles. The van der Waals surface area contributed by atoms with E-state index in [-0.39, 0.29) is 5.78 Å². The Balaban J connectivity index is 2.06. The molecule has 1 aromatic rings. The van der Waals surface area contributed by atoms with Gasteiger partial charge in [0.25, 0.3) is 0 Å². The summed E-state index contributed by atoms with van der Waals surface area (Å²) in [6.07, 6.45) is 2.05. The van der Waals surface area contributed by atoms with Crippen LogP contribution in [0.1, 0.15) is 39.9 Å². The zero-order valence-corrected chi connectivity index (χ0v) is 13.0. The minimum Gasteiger partial charge on any atom is -0.381 e. The van der Waals surface area contributed by atoms with Gasteiger partial charge in [0, 0.05) is 24.8 Å². The van der Waals surface area contributed by atoms with Crippen molar-refractivity contribution in [2.45, 2.75) is 39.7 Å². The number of likely N-dealkylation sites (N-methyl/N-ethyl adjacent to an activating group) is 1. The number of ketones is 1. The molecule has 1 aliphatic rings. The Bertz CT molecular complexity index is 490. The monoisotopic (exact) mass is 275 g/mol. The second kappa shape index (κ2) is 6.51. The highest BCUT2D eigenvalue weighted by atomic mass is 16.5. The fourth-order valence-electron chi connectivity index (χ4n) is 2.83. The van der Waals surface area contributed by atoms with Crippen LogP contribution in [0.4, 0.5) is 0 Å². The lowest BCUT2D eigenvalue weighted by atomic mass is 9.97. The Hall–Kier alpha value is -1.19. The Kier molecular flexibility index (Phi) is 4.95. The van der Waals surface area contributed by atoms with Crippen LogP contribution in [0.2, 0.25) is 0 Å². The molecule has 1 aliphatic heterocycles. The third-order valence-electron chi connectivity index (χ3n) is 4.35. The van der Waals surface area contributed by atoms with Crippen LogP contribution in [0.25, 0.3) is 0 Å². The van der Waals surface area contributed by atoms with Crippen molar-refractivity contribution in [2.75, 3.05) is 26.8 Å². The molecule has 0 N–H and O–H groups in total. The molecule has 3 nitrogen and oxygen atoms in total. The highest BCUT2D eigenvalue weighted by Gasteiger charge is 2.21. The fourth-order valence-corrected chi connectivity index (χ4v) is 2.83. The average Bonchev–Trinajstić information content (AvgIpc) is 2.43. The molecular weight excluding hydrogens is 250 g/mol. The average molecular weight is 275 g/mol. The van der Waals surface area contributed by atoms with E-state index in [4.69, 9.17) is 4.74 Å². The molecule has 0 unspecified atom stereocenters. The largest absolute Gasteiger partial charge is 0.381 e. The summed E-state index contributed by atoms with van der Waals surface area (Å²) in [5.41, 5.74) is 4.38. The first-order valence-electron chi connectivity index (χ1n) is 7.38. The summed E-state index contributed by atoms with van der Waals surface area (Å²) in [7, 11) is 2.05. The summed E-state index contributed by atoms with van der Waals surface area (Å²) in [5.74, 6) is 0.222. The summed E-state index contributed by atoms with van der Waals surface area (Å²) in [6.45, 7) is 8.29. The Labute approximate surface area is 121 Å². The van der Waals surface area contributed by atoms with Gasteiger partial charge in [-0.15, -0.1) is 0 Å². The Morgan fingerprint density at radius 1 is 1.15 bits per heavy atom. The van der Waals surface area contributed by atoms with Crippen molar-refractivity contribution in [3.63, 3.8) is 0 Å².